The van der Waals surface area contributed by atoms with Crippen LogP contribution in [0, 0.1) is 19.7 Å². The number of aryl methyl sites for hydroxylation is 2. The molecule has 1 aliphatic heterocycles. The molecule has 0 spiro atoms. The Morgan fingerprint density at radius 3 is 2.12 bits per heavy atom. The molecule has 6 nitrogen and oxygen atoms in total. The van der Waals surface area contributed by atoms with E-state index in [4.69, 9.17) is 4.74 Å². The van der Waals surface area contributed by atoms with Crippen molar-refractivity contribution in [1.82, 2.24) is 9.80 Å². The van der Waals surface area contributed by atoms with Gasteiger partial charge in [-0.3, -0.25) is 4.79 Å². The van der Waals surface area contributed by atoms with Gasteiger partial charge in [0.2, 0.25) is 5.96 Å². The Morgan fingerprint density at radius 1 is 0.833 bits per heavy atom. The van der Waals surface area contributed by atoms with Gasteiger partial charge in [-0.1, -0.05) is 102 Å². The van der Waals surface area contributed by atoms with Gasteiger partial charge in [0, 0.05) is 7.05 Å². The molecule has 1 atom stereocenters. The van der Waals surface area contributed by atoms with E-state index >= 15 is 0 Å². The number of amides is 2. The van der Waals surface area contributed by atoms with Crippen molar-refractivity contribution in [3.63, 3.8) is 0 Å². The Balaban J connectivity index is 1.60. The largest absolute Gasteiger partial charge is 0.444 e. The third-order valence-electron chi connectivity index (χ3n) is 7.22. The summed E-state index contributed by atoms with van der Waals surface area (Å²) in [4.78, 5) is 34.5. The molecule has 0 saturated carbocycles. The second-order valence-electron chi connectivity index (χ2n) is 10.4. The van der Waals surface area contributed by atoms with Crippen LogP contribution in [-0.4, -0.2) is 40.8 Å². The molecule has 1 saturated heterocycles. The smallest absolute Gasteiger partial charge is 0.421 e. The monoisotopic (exact) mass is 561 g/mol. The summed E-state index contributed by atoms with van der Waals surface area (Å²) in [6, 6.07) is 30.7. The number of carbonyl (C=O) groups is 2. The molecular weight excluding hydrogens is 529 g/mol. The van der Waals surface area contributed by atoms with Crippen molar-refractivity contribution in [1.29, 1.82) is 0 Å². The second-order valence-corrected chi connectivity index (χ2v) is 10.4. The highest BCUT2D eigenvalue weighted by Crippen LogP contribution is 2.32. The molecule has 7 heteroatoms. The van der Waals surface area contributed by atoms with Crippen LogP contribution < -0.4 is 0 Å². The predicted octanol–water partition coefficient (Wildman–Crippen LogP) is 7.18. The summed E-state index contributed by atoms with van der Waals surface area (Å²) in [7, 11) is 1.78. The van der Waals surface area contributed by atoms with Crippen LogP contribution in [0.2, 0.25) is 0 Å². The fourth-order valence-electron chi connectivity index (χ4n) is 4.83. The number of aliphatic imine (C=N–C) groups is 1. The first-order valence-electron chi connectivity index (χ1n) is 13.7. The number of carbonyl (C=O) groups excluding carboxylic acids is 2. The average Bonchev–Trinajstić information content (AvgIpc) is 3.24. The normalized spacial score (nSPS) is 16.7. The van der Waals surface area contributed by atoms with Gasteiger partial charge < -0.3 is 9.64 Å². The molecule has 1 aliphatic rings. The van der Waals surface area contributed by atoms with Crippen molar-refractivity contribution in [3.05, 3.63) is 148 Å². The van der Waals surface area contributed by atoms with Crippen LogP contribution in [0.4, 0.5) is 9.18 Å². The maximum Gasteiger partial charge on any atom is 0.421 e. The lowest BCUT2D eigenvalue weighted by Crippen LogP contribution is -2.37. The van der Waals surface area contributed by atoms with E-state index in [1.807, 2.05) is 98.8 Å². The summed E-state index contributed by atoms with van der Waals surface area (Å²) in [5.74, 6) is -1.41. The Labute approximate surface area is 245 Å². The van der Waals surface area contributed by atoms with Crippen LogP contribution in [0.5, 0.6) is 0 Å². The molecule has 0 aliphatic carbocycles. The van der Waals surface area contributed by atoms with E-state index in [0.717, 1.165) is 27.8 Å². The number of likely N-dealkylation sites (N-methyl/N-ethyl adjacent to an activating group) is 1. The molecule has 42 heavy (non-hydrogen) atoms. The number of ether oxygens (including phenoxy) is 1. The number of benzene rings is 4. The Bertz CT molecular complexity index is 1630. The SMILES string of the molecule is Cc1ccc(/C=C2/C(Cc3ccc(C)cc3)N(C)/C(=N/C(=O)c3ccccc3F)N2C(=O)OCc2ccccc2)cc1. The summed E-state index contributed by atoms with van der Waals surface area (Å²) in [6.45, 7) is 4.07. The maximum absolute atomic E-state index is 14.5. The molecule has 1 heterocycles. The second kappa shape index (κ2) is 12.6. The number of halogens is 1. The summed E-state index contributed by atoms with van der Waals surface area (Å²) in [5.41, 5.74) is 5.40. The summed E-state index contributed by atoms with van der Waals surface area (Å²) in [5, 5.41) is 0. The maximum atomic E-state index is 14.5. The zero-order valence-corrected chi connectivity index (χ0v) is 23.8. The van der Waals surface area contributed by atoms with Gasteiger partial charge in [0.1, 0.15) is 12.4 Å². The molecule has 212 valence electrons. The fraction of sp³-hybridized carbons (Fsp3) is 0.171. The summed E-state index contributed by atoms with van der Waals surface area (Å²) < 4.78 is 20.3. The van der Waals surface area contributed by atoms with Crippen molar-refractivity contribution < 1.29 is 18.7 Å². The lowest BCUT2D eigenvalue weighted by atomic mass is 10.0. The van der Waals surface area contributed by atoms with Crippen molar-refractivity contribution in [2.45, 2.75) is 32.9 Å². The number of hydrogen-bond acceptors (Lipinski definition) is 3. The first kappa shape index (κ1) is 28.5. The van der Waals surface area contributed by atoms with Crippen molar-refractivity contribution in [3.8, 4) is 0 Å². The van der Waals surface area contributed by atoms with E-state index in [1.165, 1.54) is 23.1 Å². The molecule has 1 unspecified atom stereocenters. The predicted molar refractivity (Wildman–Crippen MR) is 162 cm³/mol. The first-order valence-corrected chi connectivity index (χ1v) is 13.7. The van der Waals surface area contributed by atoms with Gasteiger partial charge in [0.25, 0.3) is 5.91 Å². The number of rotatable bonds is 6. The first-order chi connectivity index (χ1) is 20.3. The summed E-state index contributed by atoms with van der Waals surface area (Å²) >= 11 is 0. The van der Waals surface area contributed by atoms with Crippen LogP contribution >= 0.6 is 0 Å². The number of hydrogen-bond donors (Lipinski definition) is 0. The molecule has 0 bridgehead atoms. The average molecular weight is 562 g/mol. The zero-order chi connectivity index (χ0) is 29.6. The third kappa shape index (κ3) is 6.47. The molecule has 4 aromatic carbocycles. The van der Waals surface area contributed by atoms with Gasteiger partial charge >= 0.3 is 6.09 Å². The molecule has 5 rings (SSSR count). The molecule has 0 aromatic heterocycles. The van der Waals surface area contributed by atoms with E-state index in [-0.39, 0.29) is 24.2 Å². The Kier molecular flexibility index (Phi) is 8.58. The highest BCUT2D eigenvalue weighted by molar-refractivity contribution is 6.08. The highest BCUT2D eigenvalue weighted by Gasteiger charge is 2.43. The van der Waals surface area contributed by atoms with E-state index in [0.29, 0.717) is 12.1 Å². The molecule has 4 aromatic rings. The molecule has 1 fully saturated rings. The van der Waals surface area contributed by atoms with Gasteiger partial charge in [-0.05, 0) is 55.2 Å². The van der Waals surface area contributed by atoms with Crippen molar-refractivity contribution >= 4 is 24.0 Å². The highest BCUT2D eigenvalue weighted by atomic mass is 19.1. The van der Waals surface area contributed by atoms with Crippen LogP contribution in [0.1, 0.15) is 38.2 Å². The van der Waals surface area contributed by atoms with Crippen LogP contribution in [0.15, 0.2) is 114 Å². The fourth-order valence-corrected chi connectivity index (χ4v) is 4.83. The van der Waals surface area contributed by atoms with Crippen LogP contribution in [0.25, 0.3) is 6.08 Å². The van der Waals surface area contributed by atoms with Crippen LogP contribution in [-0.2, 0) is 17.8 Å². The minimum absolute atomic E-state index is 0.0366. The standard InChI is InChI=1S/C35H32FN3O3/c1-24-13-17-26(18-14-24)21-31-32(22-27-19-15-25(2)16-20-27)39(35(41)42-23-28-9-5-4-6-10-28)34(38(31)3)37-33(40)29-11-7-8-12-30(29)36/h4-20,22,31H,21,23H2,1-3H3/b32-22-,37-34-. The van der Waals surface area contributed by atoms with Crippen molar-refractivity contribution in [2.75, 3.05) is 7.05 Å². The molecule has 0 radical (unpaired) electrons. The topological polar surface area (TPSA) is 62.2 Å². The number of nitrogens with zero attached hydrogens (tertiary/aromatic N) is 3. The van der Waals surface area contributed by atoms with Gasteiger partial charge in [0.15, 0.2) is 0 Å². The van der Waals surface area contributed by atoms with E-state index in [1.54, 1.807) is 18.0 Å². The molecular formula is C35H32FN3O3. The minimum atomic E-state index is -0.790. The lowest BCUT2D eigenvalue weighted by molar-refractivity contribution is 0.0995. The quantitative estimate of drug-likeness (QED) is 0.250. The molecule has 0 N–H and O–H groups in total. The van der Waals surface area contributed by atoms with Crippen molar-refractivity contribution in [2.24, 2.45) is 4.99 Å². The van der Waals surface area contributed by atoms with Gasteiger partial charge in [-0.25, -0.2) is 14.1 Å². The van der Waals surface area contributed by atoms with Crippen LogP contribution in [0.3, 0.4) is 0 Å². The minimum Gasteiger partial charge on any atom is -0.444 e. The Morgan fingerprint density at radius 2 is 1.45 bits per heavy atom. The molecule has 2 amide bonds. The summed E-state index contributed by atoms with van der Waals surface area (Å²) in [6.07, 6.45) is 1.76. The van der Waals surface area contributed by atoms with Gasteiger partial charge in [0.05, 0.1) is 17.3 Å². The van der Waals surface area contributed by atoms with E-state index in [2.05, 4.69) is 4.99 Å². The van der Waals surface area contributed by atoms with E-state index < -0.39 is 17.8 Å². The third-order valence-corrected chi connectivity index (χ3v) is 7.22. The number of guanidine groups is 1. The van der Waals surface area contributed by atoms with E-state index in [9.17, 15) is 14.0 Å². The van der Waals surface area contributed by atoms with Gasteiger partial charge in [-0.15, -0.1) is 0 Å². The Hall–Kier alpha value is -5.04. The zero-order valence-electron chi connectivity index (χ0n) is 23.8. The van der Waals surface area contributed by atoms with Gasteiger partial charge in [-0.2, -0.15) is 4.99 Å². The lowest BCUT2D eigenvalue weighted by Gasteiger charge is -2.20.